The molecule has 3 N–H and O–H groups in total. The standard InChI is InChI=1S/C21H26N4O6S/c1-21(2,3)24-20(27)15-7-5-14(6-8-15)19(26)23-12-11-22-17-10-9-16(32(4,30)31)13-18(17)25(28)29/h5-10,13,22H,11-12H2,1-4H3,(H,23,26)(H,24,27). The first-order valence-electron chi connectivity index (χ1n) is 9.71. The summed E-state index contributed by atoms with van der Waals surface area (Å²) in [4.78, 5) is 34.8. The van der Waals surface area contributed by atoms with Gasteiger partial charge in [0.1, 0.15) is 5.69 Å². The predicted molar refractivity (Wildman–Crippen MR) is 121 cm³/mol. The number of carbonyl (C=O) groups excluding carboxylic acids is 2. The highest BCUT2D eigenvalue weighted by atomic mass is 32.2. The van der Waals surface area contributed by atoms with Gasteiger partial charge >= 0.3 is 0 Å². The van der Waals surface area contributed by atoms with Crippen LogP contribution in [0, 0.1) is 10.1 Å². The van der Waals surface area contributed by atoms with Gasteiger partial charge < -0.3 is 16.0 Å². The van der Waals surface area contributed by atoms with Crippen molar-refractivity contribution in [3.05, 3.63) is 63.7 Å². The van der Waals surface area contributed by atoms with E-state index in [0.29, 0.717) is 11.1 Å². The molecule has 0 aliphatic carbocycles. The van der Waals surface area contributed by atoms with Crippen molar-refractivity contribution in [1.29, 1.82) is 0 Å². The highest BCUT2D eigenvalue weighted by Crippen LogP contribution is 2.27. The second-order valence-corrected chi connectivity index (χ2v) is 10.2. The fraction of sp³-hybridized carbons (Fsp3) is 0.333. The molecule has 0 heterocycles. The molecule has 0 aromatic heterocycles. The van der Waals surface area contributed by atoms with E-state index in [2.05, 4.69) is 16.0 Å². The summed E-state index contributed by atoms with van der Waals surface area (Å²) in [6.07, 6.45) is 0.970. The second-order valence-electron chi connectivity index (χ2n) is 8.17. The highest BCUT2D eigenvalue weighted by Gasteiger charge is 2.19. The summed E-state index contributed by atoms with van der Waals surface area (Å²) < 4.78 is 23.2. The number of nitro benzene ring substituents is 1. The molecule has 0 bridgehead atoms. The molecule has 11 heteroatoms. The van der Waals surface area contributed by atoms with Gasteiger partial charge in [0.05, 0.1) is 9.82 Å². The van der Waals surface area contributed by atoms with Gasteiger partial charge in [0, 0.05) is 42.1 Å². The van der Waals surface area contributed by atoms with Crippen molar-refractivity contribution in [2.24, 2.45) is 0 Å². The molecule has 0 saturated heterocycles. The molecule has 0 aliphatic heterocycles. The molecule has 0 atom stereocenters. The molecule has 2 aromatic carbocycles. The van der Waals surface area contributed by atoms with Crippen molar-refractivity contribution < 1.29 is 22.9 Å². The molecule has 32 heavy (non-hydrogen) atoms. The van der Waals surface area contributed by atoms with Crippen LogP contribution in [-0.2, 0) is 9.84 Å². The van der Waals surface area contributed by atoms with E-state index < -0.39 is 14.8 Å². The van der Waals surface area contributed by atoms with Crippen LogP contribution in [0.5, 0.6) is 0 Å². The van der Waals surface area contributed by atoms with Crippen LogP contribution in [0.25, 0.3) is 0 Å². The van der Waals surface area contributed by atoms with Gasteiger partial charge in [0.2, 0.25) is 0 Å². The maximum atomic E-state index is 12.3. The van der Waals surface area contributed by atoms with Crippen LogP contribution < -0.4 is 16.0 Å². The lowest BCUT2D eigenvalue weighted by Crippen LogP contribution is -2.40. The van der Waals surface area contributed by atoms with Crippen LogP contribution >= 0.6 is 0 Å². The van der Waals surface area contributed by atoms with Crippen LogP contribution in [0.2, 0.25) is 0 Å². The van der Waals surface area contributed by atoms with Crippen molar-refractivity contribution in [1.82, 2.24) is 10.6 Å². The molecule has 0 unspecified atom stereocenters. The molecule has 2 amide bonds. The fourth-order valence-corrected chi connectivity index (χ4v) is 3.34. The average molecular weight is 463 g/mol. The minimum absolute atomic E-state index is 0.144. The third-order valence-electron chi connectivity index (χ3n) is 4.22. The number of nitrogens with zero attached hydrogens (tertiary/aromatic N) is 1. The maximum absolute atomic E-state index is 12.3. The summed E-state index contributed by atoms with van der Waals surface area (Å²) >= 11 is 0. The molecule has 0 radical (unpaired) electrons. The Morgan fingerprint density at radius 2 is 1.53 bits per heavy atom. The lowest BCUT2D eigenvalue weighted by Gasteiger charge is -2.20. The van der Waals surface area contributed by atoms with Gasteiger partial charge in [0.15, 0.2) is 9.84 Å². The number of hydrogen-bond donors (Lipinski definition) is 3. The number of nitro groups is 1. The summed E-state index contributed by atoms with van der Waals surface area (Å²) in [6, 6.07) is 9.78. The van der Waals surface area contributed by atoms with E-state index in [9.17, 15) is 28.1 Å². The number of hydrogen-bond acceptors (Lipinski definition) is 7. The van der Waals surface area contributed by atoms with Crippen molar-refractivity contribution in [3.8, 4) is 0 Å². The number of nitrogens with one attached hydrogen (secondary N) is 3. The fourth-order valence-electron chi connectivity index (χ4n) is 2.70. The molecule has 0 spiro atoms. The normalized spacial score (nSPS) is 11.5. The first-order valence-corrected chi connectivity index (χ1v) is 11.6. The molecule has 10 nitrogen and oxygen atoms in total. The summed E-state index contributed by atoms with van der Waals surface area (Å²) in [7, 11) is -3.57. The lowest BCUT2D eigenvalue weighted by molar-refractivity contribution is -0.384. The molecule has 0 saturated carbocycles. The topological polar surface area (TPSA) is 148 Å². The van der Waals surface area contributed by atoms with Gasteiger partial charge in [-0.05, 0) is 57.2 Å². The Labute approximate surface area is 186 Å². The first-order chi connectivity index (χ1) is 14.8. The average Bonchev–Trinajstić information content (AvgIpc) is 2.69. The second kappa shape index (κ2) is 9.77. The Hall–Kier alpha value is -3.47. The van der Waals surface area contributed by atoms with Crippen molar-refractivity contribution >= 4 is 33.0 Å². The van der Waals surface area contributed by atoms with Gasteiger partial charge in [-0.3, -0.25) is 19.7 Å². The lowest BCUT2D eigenvalue weighted by atomic mass is 10.1. The van der Waals surface area contributed by atoms with E-state index in [4.69, 9.17) is 0 Å². The highest BCUT2D eigenvalue weighted by molar-refractivity contribution is 7.90. The number of rotatable bonds is 8. The van der Waals surface area contributed by atoms with Crippen LogP contribution in [0.3, 0.4) is 0 Å². The zero-order valence-electron chi connectivity index (χ0n) is 18.3. The summed E-state index contributed by atoms with van der Waals surface area (Å²) in [5, 5.41) is 19.6. The largest absolute Gasteiger partial charge is 0.378 e. The molecule has 0 aliphatic rings. The Balaban J connectivity index is 1.94. The Morgan fingerprint density at radius 3 is 2.03 bits per heavy atom. The molecule has 2 rings (SSSR count). The van der Waals surface area contributed by atoms with Crippen LogP contribution in [0.4, 0.5) is 11.4 Å². The zero-order valence-corrected chi connectivity index (χ0v) is 19.1. The number of carbonyl (C=O) groups is 2. The number of amides is 2. The number of sulfone groups is 1. The first kappa shape index (κ1) is 24.8. The van der Waals surface area contributed by atoms with E-state index in [1.807, 2.05) is 20.8 Å². The van der Waals surface area contributed by atoms with E-state index >= 15 is 0 Å². The van der Waals surface area contributed by atoms with Gasteiger partial charge in [-0.2, -0.15) is 0 Å². The third kappa shape index (κ3) is 7.05. The van der Waals surface area contributed by atoms with Gasteiger partial charge in [-0.1, -0.05) is 0 Å². The number of anilines is 1. The Kier molecular flexibility index (Phi) is 7.57. The smallest absolute Gasteiger partial charge is 0.293 e. The Morgan fingerprint density at radius 1 is 0.969 bits per heavy atom. The van der Waals surface area contributed by atoms with Crippen LogP contribution in [-0.4, -0.2) is 50.0 Å². The van der Waals surface area contributed by atoms with Gasteiger partial charge in [0.25, 0.3) is 17.5 Å². The molecule has 0 fully saturated rings. The zero-order chi connectivity index (χ0) is 24.1. The SMILES string of the molecule is CC(C)(C)NC(=O)c1ccc(C(=O)NCCNc2ccc(S(C)(=O)=O)cc2[N+](=O)[O-])cc1. The minimum Gasteiger partial charge on any atom is -0.378 e. The molecule has 172 valence electrons. The van der Waals surface area contributed by atoms with Crippen molar-refractivity contribution in [3.63, 3.8) is 0 Å². The summed E-state index contributed by atoms with van der Waals surface area (Å²) in [6.45, 7) is 5.95. The third-order valence-corrected chi connectivity index (χ3v) is 5.33. The summed E-state index contributed by atoms with van der Waals surface area (Å²) in [5.41, 5.74) is 0.193. The van der Waals surface area contributed by atoms with Crippen LogP contribution in [0.1, 0.15) is 41.5 Å². The predicted octanol–water partition coefficient (Wildman–Crippen LogP) is 2.37. The summed E-state index contributed by atoms with van der Waals surface area (Å²) in [5.74, 6) is -0.603. The monoisotopic (exact) mass is 462 g/mol. The molecular weight excluding hydrogens is 436 g/mol. The van der Waals surface area contributed by atoms with E-state index in [-0.39, 0.29) is 46.7 Å². The molecular formula is C21H26N4O6S. The van der Waals surface area contributed by atoms with Gasteiger partial charge in [-0.25, -0.2) is 8.42 Å². The number of benzene rings is 2. The van der Waals surface area contributed by atoms with Crippen molar-refractivity contribution in [2.45, 2.75) is 31.2 Å². The van der Waals surface area contributed by atoms with E-state index in [1.165, 1.54) is 24.3 Å². The maximum Gasteiger partial charge on any atom is 0.293 e. The Bertz CT molecular complexity index is 1120. The van der Waals surface area contributed by atoms with E-state index in [0.717, 1.165) is 12.3 Å². The van der Waals surface area contributed by atoms with E-state index in [1.54, 1.807) is 12.1 Å². The van der Waals surface area contributed by atoms with Crippen LogP contribution in [0.15, 0.2) is 47.4 Å². The minimum atomic E-state index is -3.57. The quantitative estimate of drug-likeness (QED) is 0.310. The molecule has 2 aromatic rings. The van der Waals surface area contributed by atoms with Crippen molar-refractivity contribution in [2.75, 3.05) is 24.7 Å². The van der Waals surface area contributed by atoms with Gasteiger partial charge in [-0.15, -0.1) is 0 Å².